The van der Waals surface area contributed by atoms with E-state index >= 15 is 0 Å². The Morgan fingerprint density at radius 2 is 0.875 bits per heavy atom. The van der Waals surface area contributed by atoms with Crippen LogP contribution < -0.4 is 0 Å². The number of rotatable bonds is 6. The van der Waals surface area contributed by atoms with E-state index in [4.69, 9.17) is 15.0 Å². The molecule has 4 nitrogen and oxygen atoms in total. The van der Waals surface area contributed by atoms with Gasteiger partial charge in [0.25, 0.3) is 0 Å². The van der Waals surface area contributed by atoms with Crippen molar-refractivity contribution in [2.45, 2.75) is 0 Å². The van der Waals surface area contributed by atoms with Gasteiger partial charge < -0.3 is 4.57 Å². The molecule has 0 unspecified atom stereocenters. The molecular formula is C51H32N4S. The molecule has 0 atom stereocenters. The Hall–Kier alpha value is -7.21. The number of hydrogen-bond donors (Lipinski definition) is 0. The van der Waals surface area contributed by atoms with Crippen molar-refractivity contribution in [1.82, 2.24) is 19.5 Å². The first-order valence-corrected chi connectivity index (χ1v) is 19.6. The van der Waals surface area contributed by atoms with E-state index in [1.807, 2.05) is 35.6 Å². The number of nitrogens with zero attached hydrogens (tertiary/aromatic N) is 4. The van der Waals surface area contributed by atoms with Gasteiger partial charge >= 0.3 is 0 Å². The van der Waals surface area contributed by atoms with Crippen molar-refractivity contribution < 1.29 is 0 Å². The molecule has 0 fully saturated rings. The molecule has 0 aliphatic rings. The molecule has 0 amide bonds. The van der Waals surface area contributed by atoms with Crippen LogP contribution in [-0.2, 0) is 0 Å². The number of thiophene rings is 1. The normalized spacial score (nSPS) is 11.6. The van der Waals surface area contributed by atoms with Crippen molar-refractivity contribution in [2.75, 3.05) is 0 Å². The second-order valence-electron chi connectivity index (χ2n) is 14.0. The van der Waals surface area contributed by atoms with Gasteiger partial charge in [-0.2, -0.15) is 0 Å². The van der Waals surface area contributed by atoms with E-state index < -0.39 is 0 Å². The lowest BCUT2D eigenvalue weighted by Crippen LogP contribution is -2.02. The Morgan fingerprint density at radius 1 is 0.339 bits per heavy atom. The van der Waals surface area contributed by atoms with Gasteiger partial charge in [0.05, 0.1) is 11.0 Å². The van der Waals surface area contributed by atoms with Crippen LogP contribution in [0.1, 0.15) is 0 Å². The number of hydrogen-bond acceptors (Lipinski definition) is 4. The van der Waals surface area contributed by atoms with Crippen molar-refractivity contribution in [3.63, 3.8) is 0 Å². The molecule has 8 aromatic carbocycles. The lowest BCUT2D eigenvalue weighted by atomic mass is 10.0. The van der Waals surface area contributed by atoms with E-state index in [1.54, 1.807) is 0 Å². The first kappa shape index (κ1) is 32.2. The van der Waals surface area contributed by atoms with Gasteiger partial charge in [0.15, 0.2) is 17.5 Å². The van der Waals surface area contributed by atoms with E-state index in [1.165, 1.54) is 36.7 Å². The second kappa shape index (κ2) is 13.3. The molecule has 0 spiro atoms. The highest BCUT2D eigenvalue weighted by Crippen LogP contribution is 2.40. The molecular weight excluding hydrogens is 701 g/mol. The van der Waals surface area contributed by atoms with E-state index in [-0.39, 0.29) is 0 Å². The summed E-state index contributed by atoms with van der Waals surface area (Å²) in [5, 5.41) is 4.92. The lowest BCUT2D eigenvalue weighted by Gasteiger charge is -2.14. The van der Waals surface area contributed by atoms with Gasteiger partial charge in [0, 0.05) is 53.3 Å². The summed E-state index contributed by atoms with van der Waals surface area (Å²) in [4.78, 5) is 15.5. The topological polar surface area (TPSA) is 43.6 Å². The Labute approximate surface area is 327 Å². The monoisotopic (exact) mass is 732 g/mol. The van der Waals surface area contributed by atoms with Crippen molar-refractivity contribution in [3.8, 4) is 62.1 Å². The third-order valence-electron chi connectivity index (χ3n) is 10.7. The predicted molar refractivity (Wildman–Crippen MR) is 234 cm³/mol. The zero-order valence-electron chi connectivity index (χ0n) is 30.2. The molecule has 0 aliphatic carbocycles. The van der Waals surface area contributed by atoms with Crippen LogP contribution in [0, 0.1) is 0 Å². The molecule has 3 heterocycles. The summed E-state index contributed by atoms with van der Waals surface area (Å²) in [6, 6.07) is 68.6. The molecule has 262 valence electrons. The highest BCUT2D eigenvalue weighted by Gasteiger charge is 2.20. The van der Waals surface area contributed by atoms with Crippen LogP contribution in [0.4, 0.5) is 0 Å². The van der Waals surface area contributed by atoms with Crippen molar-refractivity contribution >= 4 is 53.3 Å². The van der Waals surface area contributed by atoms with Crippen molar-refractivity contribution in [2.24, 2.45) is 0 Å². The molecule has 0 saturated heterocycles. The van der Waals surface area contributed by atoms with E-state index in [0.717, 1.165) is 49.9 Å². The van der Waals surface area contributed by atoms with Gasteiger partial charge in [-0.25, -0.2) is 15.0 Å². The summed E-state index contributed by atoms with van der Waals surface area (Å²) in [5.74, 6) is 1.89. The zero-order valence-corrected chi connectivity index (χ0v) is 31.0. The average Bonchev–Trinajstić information content (AvgIpc) is 3.83. The second-order valence-corrected chi connectivity index (χ2v) is 15.1. The summed E-state index contributed by atoms with van der Waals surface area (Å²) >= 11 is 1.85. The minimum atomic E-state index is 0.626. The van der Waals surface area contributed by atoms with Crippen molar-refractivity contribution in [1.29, 1.82) is 0 Å². The summed E-state index contributed by atoms with van der Waals surface area (Å²) in [7, 11) is 0. The molecule has 0 saturated carbocycles. The molecule has 56 heavy (non-hydrogen) atoms. The molecule has 11 aromatic rings. The third-order valence-corrected chi connectivity index (χ3v) is 11.8. The third kappa shape index (κ3) is 5.48. The Bertz CT molecular complexity index is 3240. The first-order chi connectivity index (χ1) is 27.7. The zero-order chi connectivity index (χ0) is 37.0. The molecule has 0 radical (unpaired) electrons. The van der Waals surface area contributed by atoms with Gasteiger partial charge in [-0.1, -0.05) is 152 Å². The maximum absolute atomic E-state index is 5.24. The fourth-order valence-electron chi connectivity index (χ4n) is 7.98. The van der Waals surface area contributed by atoms with Gasteiger partial charge in [-0.15, -0.1) is 11.3 Å². The lowest BCUT2D eigenvalue weighted by molar-refractivity contribution is 1.07. The van der Waals surface area contributed by atoms with Crippen LogP contribution in [0.5, 0.6) is 0 Å². The van der Waals surface area contributed by atoms with Crippen LogP contribution in [0.3, 0.4) is 0 Å². The predicted octanol–water partition coefficient (Wildman–Crippen LogP) is 13.7. The standard InChI is InChI=1S/C51H32N4S/c1-3-13-33(14-4-1)34-25-27-36(28-26-34)50-52-49(35-15-5-2-6-16-35)53-51(54-50)43-22-12-21-42-40-19-7-9-23-45(40)55(48(42)43)39-18-11-17-37(31-39)38-29-30-47-44(32-38)41-20-8-10-24-46(41)56-47/h1-32H. The molecule has 11 rings (SSSR count). The van der Waals surface area contributed by atoms with Gasteiger partial charge in [0.1, 0.15) is 0 Å². The maximum Gasteiger partial charge on any atom is 0.166 e. The highest BCUT2D eigenvalue weighted by atomic mass is 32.1. The molecule has 0 N–H and O–H groups in total. The van der Waals surface area contributed by atoms with E-state index in [0.29, 0.717) is 17.5 Å². The number of para-hydroxylation sites is 2. The van der Waals surface area contributed by atoms with Crippen molar-refractivity contribution in [3.05, 3.63) is 194 Å². The Balaban J connectivity index is 1.11. The number of aromatic nitrogens is 4. The maximum atomic E-state index is 5.24. The minimum absolute atomic E-state index is 0.626. The Kier molecular flexibility index (Phi) is 7.64. The van der Waals surface area contributed by atoms with Crippen LogP contribution >= 0.6 is 11.3 Å². The smallest absolute Gasteiger partial charge is 0.166 e. The molecule has 0 aliphatic heterocycles. The summed E-state index contributed by atoms with van der Waals surface area (Å²) in [6.45, 7) is 0. The first-order valence-electron chi connectivity index (χ1n) is 18.8. The minimum Gasteiger partial charge on any atom is -0.308 e. The van der Waals surface area contributed by atoms with Crippen LogP contribution in [-0.4, -0.2) is 19.5 Å². The average molecular weight is 733 g/mol. The molecule has 5 heteroatoms. The van der Waals surface area contributed by atoms with Crippen LogP contribution in [0.15, 0.2) is 194 Å². The molecule has 3 aromatic heterocycles. The summed E-state index contributed by atoms with van der Waals surface area (Å²) in [6.07, 6.45) is 0. The number of fused-ring (bicyclic) bond motifs is 6. The van der Waals surface area contributed by atoms with E-state index in [9.17, 15) is 0 Å². The Morgan fingerprint density at radius 3 is 1.68 bits per heavy atom. The largest absolute Gasteiger partial charge is 0.308 e. The van der Waals surface area contributed by atoms with Crippen LogP contribution in [0.25, 0.3) is 104 Å². The molecule has 0 bridgehead atoms. The quantitative estimate of drug-likeness (QED) is 0.171. The summed E-state index contributed by atoms with van der Waals surface area (Å²) in [5.41, 5.74) is 10.7. The summed E-state index contributed by atoms with van der Waals surface area (Å²) < 4.78 is 4.99. The van der Waals surface area contributed by atoms with Gasteiger partial charge in [-0.05, 0) is 64.7 Å². The van der Waals surface area contributed by atoms with Gasteiger partial charge in [0.2, 0.25) is 0 Å². The number of benzene rings is 8. The van der Waals surface area contributed by atoms with Crippen LogP contribution in [0.2, 0.25) is 0 Å². The highest BCUT2D eigenvalue weighted by molar-refractivity contribution is 7.25. The van der Waals surface area contributed by atoms with E-state index in [2.05, 4.69) is 174 Å². The SMILES string of the molecule is c1ccc(-c2ccc(-c3nc(-c4ccccc4)nc(-c4cccc5c6ccccc6n(-c6cccc(-c7ccc8sc9ccccc9c8c7)c6)c45)n3)cc2)cc1. The fraction of sp³-hybridized carbons (Fsp3) is 0. The van der Waals surface area contributed by atoms with Gasteiger partial charge in [-0.3, -0.25) is 0 Å². The fourth-order valence-corrected chi connectivity index (χ4v) is 9.07.